The highest BCUT2D eigenvalue weighted by Crippen LogP contribution is 2.30. The van der Waals surface area contributed by atoms with Gasteiger partial charge in [0, 0.05) is 29.4 Å². The molecular weight excluding hydrogens is 449 g/mol. The first-order valence-corrected chi connectivity index (χ1v) is 10.8. The summed E-state index contributed by atoms with van der Waals surface area (Å²) in [5.41, 5.74) is 1.85. The summed E-state index contributed by atoms with van der Waals surface area (Å²) in [4.78, 5) is 39.0. The smallest absolute Gasteiger partial charge is 0.405 e. The Kier molecular flexibility index (Phi) is 7.02. The van der Waals surface area contributed by atoms with Crippen LogP contribution in [0.3, 0.4) is 0 Å². The average molecular weight is 471 g/mol. The van der Waals surface area contributed by atoms with Crippen molar-refractivity contribution in [1.82, 2.24) is 10.3 Å². The number of nitrogens with one attached hydrogen (secondary N) is 3. The lowest BCUT2D eigenvalue weighted by molar-refractivity contribution is -0.118. The van der Waals surface area contributed by atoms with Crippen molar-refractivity contribution in [3.05, 3.63) is 124 Å². The molecule has 1 aromatic heterocycles. The van der Waals surface area contributed by atoms with Crippen molar-refractivity contribution in [3.63, 3.8) is 0 Å². The number of amides is 2. The number of rotatable bonds is 7. The first-order valence-electron chi connectivity index (χ1n) is 10.8. The van der Waals surface area contributed by atoms with Crippen molar-refractivity contribution in [1.29, 1.82) is 0 Å². The molecule has 0 saturated carbocycles. The Bertz CT molecular complexity index is 1350. The Hall–Kier alpha value is -4.72. The number of benzene rings is 3. The predicted octanol–water partition coefficient (Wildman–Crippen LogP) is 4.59. The van der Waals surface area contributed by atoms with Gasteiger partial charge in [0.05, 0.1) is 0 Å². The molecule has 0 aliphatic carbocycles. The molecule has 8 heteroatoms. The molecule has 0 saturated heterocycles. The Balaban J connectivity index is 1.67. The average Bonchev–Trinajstić information content (AvgIpc) is 2.85. The van der Waals surface area contributed by atoms with Crippen molar-refractivity contribution >= 4 is 17.7 Å². The molecule has 1 heterocycles. The van der Waals surface area contributed by atoms with Gasteiger partial charge in [-0.15, -0.1) is 0 Å². The van der Waals surface area contributed by atoms with E-state index in [0.29, 0.717) is 5.56 Å². The van der Waals surface area contributed by atoms with Crippen LogP contribution in [0.5, 0.6) is 0 Å². The van der Waals surface area contributed by atoms with E-state index in [9.17, 15) is 23.9 Å². The second kappa shape index (κ2) is 10.5. The third-order valence-corrected chi connectivity index (χ3v) is 5.53. The van der Waals surface area contributed by atoms with Crippen LogP contribution in [-0.2, 0) is 4.79 Å². The van der Waals surface area contributed by atoms with Crippen molar-refractivity contribution in [2.24, 2.45) is 0 Å². The number of pyridine rings is 1. The lowest BCUT2D eigenvalue weighted by atomic mass is 9.84. The molecule has 0 spiro atoms. The van der Waals surface area contributed by atoms with E-state index in [0.717, 1.165) is 17.2 Å². The summed E-state index contributed by atoms with van der Waals surface area (Å²) in [5, 5.41) is 14.4. The largest absolute Gasteiger partial charge is 0.465 e. The fourth-order valence-corrected chi connectivity index (χ4v) is 3.99. The fourth-order valence-electron chi connectivity index (χ4n) is 3.99. The summed E-state index contributed by atoms with van der Waals surface area (Å²) in [6.45, 7) is 0. The molecule has 0 bridgehead atoms. The normalized spacial score (nSPS) is 11.6. The van der Waals surface area contributed by atoms with Gasteiger partial charge in [0.15, 0.2) is 0 Å². The fraction of sp³-hybridized carbons (Fsp3) is 0.0741. The van der Waals surface area contributed by atoms with Gasteiger partial charge in [-0.3, -0.25) is 9.59 Å². The van der Waals surface area contributed by atoms with Crippen LogP contribution in [-0.4, -0.2) is 28.1 Å². The summed E-state index contributed by atoms with van der Waals surface area (Å²) in [6, 6.07) is 23.9. The number of aromatic amines is 1. The van der Waals surface area contributed by atoms with Crippen LogP contribution in [0.25, 0.3) is 11.1 Å². The zero-order valence-electron chi connectivity index (χ0n) is 18.4. The molecule has 4 aromatic rings. The second-order valence-electron chi connectivity index (χ2n) is 7.85. The van der Waals surface area contributed by atoms with Crippen LogP contribution in [0, 0.1) is 5.82 Å². The zero-order valence-corrected chi connectivity index (χ0v) is 18.4. The van der Waals surface area contributed by atoms with Gasteiger partial charge >= 0.3 is 6.09 Å². The number of carbonyl (C=O) groups is 2. The lowest BCUT2D eigenvalue weighted by Gasteiger charge is -2.27. The maximum absolute atomic E-state index is 14.8. The molecule has 3 aromatic carbocycles. The number of carbonyl (C=O) groups excluding carboxylic acids is 1. The highest BCUT2D eigenvalue weighted by Gasteiger charge is 2.32. The van der Waals surface area contributed by atoms with E-state index in [2.05, 4.69) is 15.6 Å². The summed E-state index contributed by atoms with van der Waals surface area (Å²) in [6.07, 6.45) is 0.0558. The molecule has 7 nitrogen and oxygen atoms in total. The highest BCUT2D eigenvalue weighted by atomic mass is 19.1. The van der Waals surface area contributed by atoms with E-state index in [1.165, 1.54) is 24.4 Å². The second-order valence-corrected chi connectivity index (χ2v) is 7.85. The predicted molar refractivity (Wildman–Crippen MR) is 131 cm³/mol. The van der Waals surface area contributed by atoms with Crippen molar-refractivity contribution < 1.29 is 19.1 Å². The first-order chi connectivity index (χ1) is 16.9. The van der Waals surface area contributed by atoms with Gasteiger partial charge in [-0.05, 0) is 41.0 Å². The SMILES string of the molecule is O=C(O)NC(C(=O)Nc1ccc(-c2cc[nH]c(=O)c2)c(F)c1)C(c1ccccc1)c1ccccc1. The number of hydrogen-bond acceptors (Lipinski definition) is 3. The third-order valence-electron chi connectivity index (χ3n) is 5.53. The summed E-state index contributed by atoms with van der Waals surface area (Å²) in [5.74, 6) is -1.92. The molecule has 0 aliphatic rings. The van der Waals surface area contributed by atoms with Crippen molar-refractivity contribution in [2.45, 2.75) is 12.0 Å². The van der Waals surface area contributed by atoms with Crippen molar-refractivity contribution in [2.75, 3.05) is 5.32 Å². The Morgan fingerprint density at radius 2 is 1.49 bits per heavy atom. The van der Waals surface area contributed by atoms with E-state index in [1.54, 1.807) is 6.07 Å². The van der Waals surface area contributed by atoms with Gasteiger partial charge in [-0.25, -0.2) is 9.18 Å². The Morgan fingerprint density at radius 1 is 0.857 bits per heavy atom. The van der Waals surface area contributed by atoms with E-state index < -0.39 is 29.8 Å². The van der Waals surface area contributed by atoms with Gasteiger partial charge in [-0.2, -0.15) is 0 Å². The van der Waals surface area contributed by atoms with Crippen LogP contribution in [0.1, 0.15) is 17.0 Å². The maximum atomic E-state index is 14.8. The molecule has 1 unspecified atom stereocenters. The van der Waals surface area contributed by atoms with Gasteiger partial charge in [0.25, 0.3) is 0 Å². The third kappa shape index (κ3) is 5.62. The van der Waals surface area contributed by atoms with Crippen LogP contribution >= 0.6 is 0 Å². The van der Waals surface area contributed by atoms with Crippen LogP contribution in [0.4, 0.5) is 14.9 Å². The number of halogens is 1. The topological polar surface area (TPSA) is 111 Å². The minimum absolute atomic E-state index is 0.151. The number of hydrogen-bond donors (Lipinski definition) is 4. The number of carboxylic acid groups (broad SMARTS) is 1. The van der Waals surface area contributed by atoms with Crippen LogP contribution in [0.2, 0.25) is 0 Å². The molecule has 0 aliphatic heterocycles. The summed E-state index contributed by atoms with van der Waals surface area (Å²) >= 11 is 0. The lowest BCUT2D eigenvalue weighted by Crippen LogP contribution is -2.47. The number of aromatic nitrogens is 1. The number of H-pyrrole nitrogens is 1. The number of anilines is 1. The van der Waals surface area contributed by atoms with Crippen LogP contribution < -0.4 is 16.2 Å². The monoisotopic (exact) mass is 471 g/mol. The summed E-state index contributed by atoms with van der Waals surface area (Å²) < 4.78 is 14.8. The molecule has 0 fully saturated rings. The van der Waals surface area contributed by atoms with Gasteiger partial charge in [0.2, 0.25) is 11.5 Å². The van der Waals surface area contributed by atoms with E-state index in [4.69, 9.17) is 0 Å². The maximum Gasteiger partial charge on any atom is 0.405 e. The molecule has 176 valence electrons. The quantitative estimate of drug-likeness (QED) is 0.316. The Labute approximate surface area is 200 Å². The summed E-state index contributed by atoms with van der Waals surface area (Å²) in [7, 11) is 0. The van der Waals surface area contributed by atoms with E-state index in [1.807, 2.05) is 60.7 Å². The van der Waals surface area contributed by atoms with Gasteiger partial charge in [0.1, 0.15) is 11.9 Å². The van der Waals surface area contributed by atoms with Crippen molar-refractivity contribution in [3.8, 4) is 11.1 Å². The minimum atomic E-state index is -1.36. The molecule has 2 amide bonds. The first kappa shape index (κ1) is 23.4. The molecule has 0 radical (unpaired) electrons. The van der Waals surface area contributed by atoms with Gasteiger partial charge < -0.3 is 20.7 Å². The molecule has 4 rings (SSSR count). The molecular formula is C27H22FN3O4. The molecule has 4 N–H and O–H groups in total. The van der Waals surface area contributed by atoms with E-state index in [-0.39, 0.29) is 16.8 Å². The molecule has 35 heavy (non-hydrogen) atoms. The standard InChI is InChI=1S/C27H22FN3O4/c28-22-16-20(11-12-21(22)19-13-14-29-23(32)15-19)30-26(33)25(31-27(34)35)24(17-7-3-1-4-8-17)18-9-5-2-6-10-18/h1-16,24-25,31H,(H,29,32)(H,30,33)(H,34,35). The Morgan fingerprint density at radius 3 is 2.03 bits per heavy atom. The highest BCUT2D eigenvalue weighted by molar-refractivity contribution is 5.97. The van der Waals surface area contributed by atoms with Gasteiger partial charge in [-0.1, -0.05) is 60.7 Å². The van der Waals surface area contributed by atoms with Crippen LogP contribution in [0.15, 0.2) is 102 Å². The minimum Gasteiger partial charge on any atom is -0.465 e. The van der Waals surface area contributed by atoms with E-state index >= 15 is 0 Å². The zero-order chi connectivity index (χ0) is 24.8. The molecule has 1 atom stereocenters.